The van der Waals surface area contributed by atoms with Crippen LogP contribution in [0, 0.1) is 6.92 Å². The van der Waals surface area contributed by atoms with Crippen LogP contribution in [0.3, 0.4) is 0 Å². The van der Waals surface area contributed by atoms with Crippen LogP contribution in [0.5, 0.6) is 0 Å². The normalized spacial score (nSPS) is 12.3. The first-order valence-corrected chi connectivity index (χ1v) is 6.94. The lowest BCUT2D eigenvalue weighted by atomic mass is 10.1. The Balaban J connectivity index is 1.81. The molecule has 0 aliphatic carbocycles. The molecule has 3 rings (SSSR count). The van der Waals surface area contributed by atoms with Crippen LogP contribution in [-0.2, 0) is 0 Å². The minimum absolute atomic E-state index is 0.0562. The van der Waals surface area contributed by atoms with Gasteiger partial charge >= 0.3 is 6.03 Å². The van der Waals surface area contributed by atoms with Gasteiger partial charge in [-0.1, -0.05) is 42.0 Å². The number of carbonyl (C=O) groups excluding carboxylic acids is 1. The number of para-hydroxylation sites is 2. The maximum absolute atomic E-state index is 12.4. The number of hydrogen-bond donors (Lipinski definition) is 1. The average molecular weight is 279 g/mol. The van der Waals surface area contributed by atoms with Gasteiger partial charge in [0.05, 0.1) is 17.1 Å². The molecule has 0 aliphatic heterocycles. The summed E-state index contributed by atoms with van der Waals surface area (Å²) in [5.41, 5.74) is 3.91. The Morgan fingerprint density at radius 3 is 2.62 bits per heavy atom. The molecule has 1 unspecified atom stereocenters. The van der Waals surface area contributed by atoms with Crippen molar-refractivity contribution in [1.82, 2.24) is 14.9 Å². The summed E-state index contributed by atoms with van der Waals surface area (Å²) in [5, 5.41) is 2.99. The van der Waals surface area contributed by atoms with E-state index in [1.165, 1.54) is 5.56 Å². The van der Waals surface area contributed by atoms with Crippen molar-refractivity contribution in [2.75, 3.05) is 0 Å². The number of imidazole rings is 1. The van der Waals surface area contributed by atoms with Crippen molar-refractivity contribution < 1.29 is 4.79 Å². The molecule has 1 aromatic heterocycles. The summed E-state index contributed by atoms with van der Waals surface area (Å²) >= 11 is 0. The van der Waals surface area contributed by atoms with Crippen molar-refractivity contribution in [3.63, 3.8) is 0 Å². The van der Waals surface area contributed by atoms with E-state index in [9.17, 15) is 4.79 Å². The maximum atomic E-state index is 12.4. The second-order valence-corrected chi connectivity index (χ2v) is 5.19. The number of fused-ring (bicyclic) bond motifs is 1. The number of nitrogens with zero attached hydrogens (tertiary/aromatic N) is 2. The summed E-state index contributed by atoms with van der Waals surface area (Å²) in [7, 11) is 0. The van der Waals surface area contributed by atoms with Gasteiger partial charge in [-0.2, -0.15) is 0 Å². The smallest absolute Gasteiger partial charge is 0.327 e. The van der Waals surface area contributed by atoms with E-state index in [-0.39, 0.29) is 12.1 Å². The first kappa shape index (κ1) is 13.4. The number of rotatable bonds is 2. The van der Waals surface area contributed by atoms with Crippen molar-refractivity contribution in [3.8, 4) is 0 Å². The van der Waals surface area contributed by atoms with E-state index < -0.39 is 0 Å². The zero-order chi connectivity index (χ0) is 14.8. The predicted octanol–water partition coefficient (Wildman–Crippen LogP) is 3.66. The molecule has 4 nitrogen and oxygen atoms in total. The summed E-state index contributed by atoms with van der Waals surface area (Å²) in [5.74, 6) is 0. The fourth-order valence-electron chi connectivity index (χ4n) is 2.31. The zero-order valence-corrected chi connectivity index (χ0v) is 12.1. The Bertz CT molecular complexity index is 774. The fraction of sp³-hybridized carbons (Fsp3) is 0.176. The van der Waals surface area contributed by atoms with Gasteiger partial charge in [0.25, 0.3) is 0 Å². The van der Waals surface area contributed by atoms with E-state index in [0.29, 0.717) is 0 Å². The van der Waals surface area contributed by atoms with Crippen LogP contribution in [0.2, 0.25) is 0 Å². The summed E-state index contributed by atoms with van der Waals surface area (Å²) in [6.07, 6.45) is 1.56. The minimum Gasteiger partial charge on any atom is -0.331 e. The SMILES string of the molecule is Cc1ccc(C(C)NC(=O)n2cnc3ccccc32)cc1. The third-order valence-electron chi connectivity index (χ3n) is 3.59. The van der Waals surface area contributed by atoms with E-state index in [0.717, 1.165) is 16.6 Å². The number of amides is 1. The van der Waals surface area contributed by atoms with E-state index >= 15 is 0 Å². The van der Waals surface area contributed by atoms with Crippen LogP contribution in [-0.4, -0.2) is 15.6 Å². The van der Waals surface area contributed by atoms with E-state index in [1.807, 2.05) is 62.4 Å². The molecule has 0 saturated carbocycles. The third kappa shape index (κ3) is 2.65. The molecule has 1 heterocycles. The quantitative estimate of drug-likeness (QED) is 0.778. The van der Waals surface area contributed by atoms with E-state index in [1.54, 1.807) is 10.9 Å². The van der Waals surface area contributed by atoms with Crippen molar-refractivity contribution >= 4 is 17.1 Å². The summed E-state index contributed by atoms with van der Waals surface area (Å²) in [4.78, 5) is 16.6. The van der Waals surface area contributed by atoms with Crippen molar-refractivity contribution in [3.05, 3.63) is 66.0 Å². The molecule has 0 bridgehead atoms. The van der Waals surface area contributed by atoms with Gasteiger partial charge in [-0.15, -0.1) is 0 Å². The first-order valence-electron chi connectivity index (χ1n) is 6.94. The van der Waals surface area contributed by atoms with Crippen LogP contribution in [0.25, 0.3) is 11.0 Å². The highest BCUT2D eigenvalue weighted by molar-refractivity contribution is 5.89. The second-order valence-electron chi connectivity index (χ2n) is 5.19. The molecule has 1 N–H and O–H groups in total. The molecule has 0 spiro atoms. The maximum Gasteiger partial charge on any atom is 0.327 e. The highest BCUT2D eigenvalue weighted by Crippen LogP contribution is 2.15. The Morgan fingerprint density at radius 2 is 1.86 bits per heavy atom. The predicted molar refractivity (Wildman–Crippen MR) is 83.3 cm³/mol. The van der Waals surface area contributed by atoms with Crippen LogP contribution in [0.15, 0.2) is 54.9 Å². The molecule has 0 saturated heterocycles. The molecule has 1 amide bonds. The Kier molecular flexibility index (Phi) is 3.44. The van der Waals surface area contributed by atoms with Gasteiger partial charge in [0, 0.05) is 0 Å². The fourth-order valence-corrected chi connectivity index (χ4v) is 2.31. The molecular weight excluding hydrogens is 262 g/mol. The monoisotopic (exact) mass is 279 g/mol. The highest BCUT2D eigenvalue weighted by Gasteiger charge is 2.13. The minimum atomic E-state index is -0.170. The van der Waals surface area contributed by atoms with Gasteiger partial charge < -0.3 is 5.32 Å². The van der Waals surface area contributed by atoms with Crippen molar-refractivity contribution in [1.29, 1.82) is 0 Å². The first-order chi connectivity index (χ1) is 10.1. The van der Waals surface area contributed by atoms with Gasteiger partial charge in [0.1, 0.15) is 6.33 Å². The molecule has 106 valence electrons. The van der Waals surface area contributed by atoms with Crippen molar-refractivity contribution in [2.24, 2.45) is 0 Å². The van der Waals surface area contributed by atoms with Gasteiger partial charge in [0.2, 0.25) is 0 Å². The highest BCUT2D eigenvalue weighted by atomic mass is 16.2. The molecule has 1 atom stereocenters. The number of aryl methyl sites for hydroxylation is 1. The number of carbonyl (C=O) groups is 1. The lowest BCUT2D eigenvalue weighted by Gasteiger charge is -2.15. The van der Waals surface area contributed by atoms with Crippen LogP contribution in [0.4, 0.5) is 4.79 Å². The standard InChI is InChI=1S/C17H17N3O/c1-12-7-9-14(10-8-12)13(2)19-17(21)20-11-18-15-5-3-4-6-16(15)20/h3-11,13H,1-2H3,(H,19,21). The third-order valence-corrected chi connectivity index (χ3v) is 3.59. The molecule has 0 radical (unpaired) electrons. The van der Waals surface area contributed by atoms with Crippen molar-refractivity contribution in [2.45, 2.75) is 19.9 Å². The molecule has 4 heteroatoms. The lowest BCUT2D eigenvalue weighted by Crippen LogP contribution is -2.30. The lowest BCUT2D eigenvalue weighted by molar-refractivity contribution is 0.240. The van der Waals surface area contributed by atoms with E-state index in [4.69, 9.17) is 0 Å². The number of hydrogen-bond acceptors (Lipinski definition) is 2. The van der Waals surface area contributed by atoms with Gasteiger partial charge in [-0.3, -0.25) is 4.57 Å². The number of nitrogens with one attached hydrogen (secondary N) is 1. The zero-order valence-electron chi connectivity index (χ0n) is 12.1. The molecule has 0 fully saturated rings. The van der Waals surface area contributed by atoms with Crippen LogP contribution < -0.4 is 5.32 Å². The largest absolute Gasteiger partial charge is 0.331 e. The number of aromatic nitrogens is 2. The van der Waals surface area contributed by atoms with Gasteiger partial charge in [-0.05, 0) is 31.5 Å². The molecule has 0 aliphatic rings. The Morgan fingerprint density at radius 1 is 1.14 bits per heavy atom. The topological polar surface area (TPSA) is 46.9 Å². The van der Waals surface area contributed by atoms with Gasteiger partial charge in [-0.25, -0.2) is 9.78 Å². The summed E-state index contributed by atoms with van der Waals surface area (Å²) in [6.45, 7) is 4.02. The van der Waals surface area contributed by atoms with Crippen LogP contribution >= 0.6 is 0 Å². The molecule has 2 aromatic carbocycles. The van der Waals surface area contributed by atoms with Gasteiger partial charge in [0.15, 0.2) is 0 Å². The van der Waals surface area contributed by atoms with Crippen LogP contribution in [0.1, 0.15) is 24.1 Å². The van der Waals surface area contributed by atoms with E-state index in [2.05, 4.69) is 10.3 Å². The molecular formula is C17H17N3O. The molecule has 3 aromatic rings. The Labute approximate surface area is 123 Å². The summed E-state index contributed by atoms with van der Waals surface area (Å²) in [6, 6.07) is 15.5. The second kappa shape index (κ2) is 5.40. The number of benzene rings is 2. The Hall–Kier alpha value is -2.62. The average Bonchev–Trinajstić information content (AvgIpc) is 2.92. The molecule has 21 heavy (non-hydrogen) atoms. The summed E-state index contributed by atoms with van der Waals surface area (Å²) < 4.78 is 1.54.